The van der Waals surface area contributed by atoms with Crippen LogP contribution in [-0.2, 0) is 23.9 Å². The van der Waals surface area contributed by atoms with Crippen LogP contribution in [0.4, 0.5) is 19.0 Å². The number of ether oxygens (including phenoxy) is 2. The molecular weight excluding hydrogens is 525 g/mol. The summed E-state index contributed by atoms with van der Waals surface area (Å²) in [5, 5.41) is 5.65. The molecule has 1 aliphatic carbocycles. The number of rotatable bonds is 6. The van der Waals surface area contributed by atoms with Gasteiger partial charge in [-0.05, 0) is 75.5 Å². The van der Waals surface area contributed by atoms with Crippen molar-refractivity contribution in [2.75, 3.05) is 19.4 Å². The van der Waals surface area contributed by atoms with Crippen molar-refractivity contribution in [3.63, 3.8) is 0 Å². The van der Waals surface area contributed by atoms with Crippen LogP contribution in [0.1, 0.15) is 51.9 Å². The van der Waals surface area contributed by atoms with Crippen LogP contribution in [0.5, 0.6) is 17.2 Å². The van der Waals surface area contributed by atoms with Gasteiger partial charge in [-0.15, -0.1) is 0 Å². The molecule has 1 aromatic heterocycles. The predicted molar refractivity (Wildman–Crippen MR) is 140 cm³/mol. The van der Waals surface area contributed by atoms with Crippen molar-refractivity contribution in [1.29, 1.82) is 0 Å². The van der Waals surface area contributed by atoms with E-state index >= 15 is 0 Å². The Kier molecular flexibility index (Phi) is 6.02. The molecule has 0 bridgehead atoms. The van der Waals surface area contributed by atoms with Crippen molar-refractivity contribution >= 4 is 17.6 Å². The summed E-state index contributed by atoms with van der Waals surface area (Å²) < 4.78 is 53.0. The summed E-state index contributed by atoms with van der Waals surface area (Å²) >= 11 is 0. The number of aromatic nitrogens is 1. The Bertz CT molecular complexity index is 1540. The lowest BCUT2D eigenvalue weighted by Gasteiger charge is -2.19. The highest BCUT2D eigenvalue weighted by atomic mass is 19.4. The number of carbonyl (C=O) groups excluding carboxylic acids is 2. The Balaban J connectivity index is 1.22. The van der Waals surface area contributed by atoms with Crippen LogP contribution in [0.3, 0.4) is 0 Å². The van der Waals surface area contributed by atoms with Crippen LogP contribution in [0.15, 0.2) is 48.7 Å². The van der Waals surface area contributed by atoms with Crippen molar-refractivity contribution in [3.05, 3.63) is 76.5 Å². The second-order valence-corrected chi connectivity index (χ2v) is 10.9. The van der Waals surface area contributed by atoms with Gasteiger partial charge >= 0.3 is 6.18 Å². The molecule has 0 radical (unpaired) electrons. The number of carbonyl (C=O) groups is 2. The molecule has 2 amide bonds. The van der Waals surface area contributed by atoms with Crippen LogP contribution in [-0.4, -0.2) is 47.4 Å². The molecule has 3 aromatic rings. The number of benzene rings is 2. The molecule has 2 aliphatic heterocycles. The van der Waals surface area contributed by atoms with E-state index in [1.807, 2.05) is 13.0 Å². The largest absolute Gasteiger partial charge is 0.484 e. The lowest BCUT2D eigenvalue weighted by Crippen LogP contribution is -2.34. The molecule has 3 heterocycles. The number of nitrogens with one attached hydrogen (secondary N) is 2. The maximum Gasteiger partial charge on any atom is 0.416 e. The Labute approximate surface area is 228 Å². The number of pyridine rings is 1. The average molecular weight is 553 g/mol. The molecule has 208 valence electrons. The second kappa shape index (κ2) is 9.22. The normalized spacial score (nSPS) is 22.5. The highest BCUT2D eigenvalue weighted by molar-refractivity contribution is 5.95. The highest BCUT2D eigenvalue weighted by Gasteiger charge is 2.70. The maximum atomic E-state index is 13.5. The summed E-state index contributed by atoms with van der Waals surface area (Å²) in [7, 11) is 3.50. The third kappa shape index (κ3) is 4.64. The van der Waals surface area contributed by atoms with E-state index in [0.717, 1.165) is 23.3 Å². The molecule has 6 rings (SSSR count). The fourth-order valence-electron chi connectivity index (χ4n) is 5.64. The van der Waals surface area contributed by atoms with Gasteiger partial charge in [0.25, 0.3) is 5.91 Å². The van der Waals surface area contributed by atoms with Crippen LogP contribution in [0.2, 0.25) is 0 Å². The number of fused-ring (bicyclic) bond motifs is 4. The maximum absolute atomic E-state index is 13.5. The SMILES string of the molecule is CN(C)Cc1cc(C(=O)N[C@H]2[C@@H]3c4cc(Oc5ccnc6c5CCC(=O)N6)ccc4OC23C)cc(C(F)(F)F)c1. The summed E-state index contributed by atoms with van der Waals surface area (Å²) in [4.78, 5) is 30.8. The van der Waals surface area contributed by atoms with Gasteiger partial charge in [-0.1, -0.05) is 0 Å². The minimum Gasteiger partial charge on any atom is -0.484 e. The molecule has 1 fully saturated rings. The summed E-state index contributed by atoms with van der Waals surface area (Å²) in [5.41, 5.74) is 0.431. The second-order valence-electron chi connectivity index (χ2n) is 10.9. The number of hydrogen-bond donors (Lipinski definition) is 2. The van der Waals surface area contributed by atoms with Crippen LogP contribution in [0, 0.1) is 0 Å². The number of amides is 2. The fraction of sp³-hybridized carbons (Fsp3) is 0.345. The Morgan fingerprint density at radius 1 is 1.20 bits per heavy atom. The molecule has 8 nitrogen and oxygen atoms in total. The summed E-state index contributed by atoms with van der Waals surface area (Å²) in [5.74, 6) is 1.43. The van der Waals surface area contributed by atoms with E-state index in [1.165, 1.54) is 6.07 Å². The van der Waals surface area contributed by atoms with E-state index in [-0.39, 0.29) is 23.9 Å². The third-order valence-corrected chi connectivity index (χ3v) is 7.57. The van der Waals surface area contributed by atoms with Gasteiger partial charge in [-0.2, -0.15) is 13.2 Å². The quantitative estimate of drug-likeness (QED) is 0.453. The molecule has 2 aromatic carbocycles. The first-order chi connectivity index (χ1) is 18.9. The first-order valence-corrected chi connectivity index (χ1v) is 12.9. The number of halogens is 3. The molecule has 11 heteroatoms. The van der Waals surface area contributed by atoms with Gasteiger partial charge in [-0.3, -0.25) is 9.59 Å². The van der Waals surface area contributed by atoms with Crippen molar-refractivity contribution in [3.8, 4) is 17.2 Å². The molecule has 3 aliphatic rings. The van der Waals surface area contributed by atoms with Gasteiger partial charge in [0.05, 0.1) is 17.5 Å². The molecule has 0 saturated heterocycles. The van der Waals surface area contributed by atoms with Crippen molar-refractivity contribution in [2.24, 2.45) is 0 Å². The molecule has 3 atom stereocenters. The zero-order chi connectivity index (χ0) is 28.4. The van der Waals surface area contributed by atoms with E-state index in [4.69, 9.17) is 9.47 Å². The Hall–Kier alpha value is -4.12. The van der Waals surface area contributed by atoms with Crippen LogP contribution < -0.4 is 20.1 Å². The molecule has 2 N–H and O–H groups in total. The zero-order valence-corrected chi connectivity index (χ0v) is 22.1. The third-order valence-electron chi connectivity index (χ3n) is 7.57. The lowest BCUT2D eigenvalue weighted by molar-refractivity contribution is -0.137. The molecule has 1 unspecified atom stereocenters. The summed E-state index contributed by atoms with van der Waals surface area (Å²) in [6.07, 6.45) is -2.15. The number of alkyl halides is 3. The van der Waals surface area contributed by atoms with E-state index < -0.39 is 29.3 Å². The van der Waals surface area contributed by atoms with Crippen molar-refractivity contribution in [2.45, 2.75) is 50.0 Å². The van der Waals surface area contributed by atoms with E-state index in [2.05, 4.69) is 15.6 Å². The van der Waals surface area contributed by atoms with Crippen LogP contribution >= 0.6 is 0 Å². The van der Waals surface area contributed by atoms with E-state index in [0.29, 0.717) is 41.5 Å². The minimum atomic E-state index is -4.57. The highest BCUT2D eigenvalue weighted by Crippen LogP contribution is 2.62. The Morgan fingerprint density at radius 2 is 2.00 bits per heavy atom. The number of nitrogens with zero attached hydrogens (tertiary/aromatic N) is 2. The van der Waals surface area contributed by atoms with E-state index in [9.17, 15) is 22.8 Å². The van der Waals surface area contributed by atoms with Gasteiger partial charge in [0.15, 0.2) is 0 Å². The monoisotopic (exact) mass is 552 g/mol. The topological polar surface area (TPSA) is 92.8 Å². The average Bonchev–Trinajstić information content (AvgIpc) is 3.31. The summed E-state index contributed by atoms with van der Waals surface area (Å²) in [6.45, 7) is 2.13. The van der Waals surface area contributed by atoms with Gasteiger partial charge in [-0.25, -0.2) is 4.98 Å². The number of hydrogen-bond acceptors (Lipinski definition) is 6. The first kappa shape index (κ1) is 26.1. The van der Waals surface area contributed by atoms with Crippen molar-refractivity contribution < 1.29 is 32.2 Å². The first-order valence-electron chi connectivity index (χ1n) is 12.9. The van der Waals surface area contributed by atoms with Gasteiger partial charge < -0.3 is 25.0 Å². The number of anilines is 1. The molecule has 1 saturated carbocycles. The fourth-order valence-corrected chi connectivity index (χ4v) is 5.64. The standard InChI is InChI=1S/C29H27F3N4O4/c1-28-24(25(28)35-27(38)16-10-15(14-36(2)3)11-17(12-16)29(30,31)32)20-13-18(4-6-22(20)40-28)39-21-8-9-33-26-19(21)5-7-23(37)34-26/h4,6,8-13,24-25H,5,7,14H2,1-3H3,(H,35,38)(H,33,34,37)/t24-,25-,28?/m0/s1. The van der Waals surface area contributed by atoms with Crippen molar-refractivity contribution in [1.82, 2.24) is 15.2 Å². The lowest BCUT2D eigenvalue weighted by atomic mass is 10.0. The smallest absolute Gasteiger partial charge is 0.416 e. The van der Waals surface area contributed by atoms with E-state index in [1.54, 1.807) is 43.4 Å². The van der Waals surface area contributed by atoms with Gasteiger partial charge in [0.1, 0.15) is 28.7 Å². The molecule has 0 spiro atoms. The molecule has 40 heavy (non-hydrogen) atoms. The predicted octanol–water partition coefficient (Wildman–Crippen LogP) is 4.89. The molecular formula is C29H27F3N4O4. The summed E-state index contributed by atoms with van der Waals surface area (Å²) in [6, 6.07) is 10.2. The van der Waals surface area contributed by atoms with Gasteiger partial charge in [0.2, 0.25) is 5.91 Å². The Morgan fingerprint density at radius 3 is 2.75 bits per heavy atom. The zero-order valence-electron chi connectivity index (χ0n) is 22.1. The van der Waals surface area contributed by atoms with Crippen LogP contribution in [0.25, 0.3) is 0 Å². The van der Waals surface area contributed by atoms with Gasteiger partial charge in [0, 0.05) is 35.9 Å². The minimum absolute atomic E-state index is 0.0490.